The summed E-state index contributed by atoms with van der Waals surface area (Å²) >= 11 is 0. The second-order valence-corrected chi connectivity index (χ2v) is 5.23. The highest BCUT2D eigenvalue weighted by molar-refractivity contribution is 5.73. The second-order valence-electron chi connectivity index (χ2n) is 5.23. The van der Waals surface area contributed by atoms with Crippen molar-refractivity contribution in [2.45, 2.75) is 52.0 Å². The monoisotopic (exact) mass is 293 g/mol. The number of carboxylic acids is 1. The zero-order valence-corrected chi connectivity index (χ0v) is 13.1. The molecular weight excluding hydrogens is 266 g/mol. The first kappa shape index (κ1) is 17.5. The van der Waals surface area contributed by atoms with Crippen molar-refractivity contribution >= 4 is 5.97 Å². The van der Waals surface area contributed by atoms with Crippen LogP contribution in [0, 0.1) is 0 Å². The molecule has 0 saturated carbocycles. The lowest BCUT2D eigenvalue weighted by Crippen LogP contribution is -2.38. The van der Waals surface area contributed by atoms with Crippen LogP contribution in [0.5, 0.6) is 5.75 Å². The van der Waals surface area contributed by atoms with E-state index in [1.807, 2.05) is 19.1 Å². The van der Waals surface area contributed by atoms with Crippen molar-refractivity contribution in [2.24, 2.45) is 0 Å². The molecule has 0 heterocycles. The van der Waals surface area contributed by atoms with E-state index in [2.05, 4.69) is 24.4 Å². The van der Waals surface area contributed by atoms with Crippen LogP contribution < -0.4 is 10.1 Å². The predicted molar refractivity (Wildman–Crippen MR) is 84.9 cm³/mol. The normalized spacial score (nSPS) is 12.1. The van der Waals surface area contributed by atoms with E-state index < -0.39 is 12.0 Å². The van der Waals surface area contributed by atoms with Gasteiger partial charge in [0.2, 0.25) is 0 Å². The number of hydrogen-bond donors (Lipinski definition) is 2. The Morgan fingerprint density at radius 3 is 2.52 bits per heavy atom. The smallest absolute Gasteiger partial charge is 0.320 e. The molecule has 1 unspecified atom stereocenters. The number of aryl methyl sites for hydroxylation is 1. The molecule has 1 aromatic rings. The Morgan fingerprint density at radius 2 is 1.95 bits per heavy atom. The number of carboxylic acid groups (broad SMARTS) is 1. The summed E-state index contributed by atoms with van der Waals surface area (Å²) in [6, 6.07) is 7.54. The molecule has 0 bridgehead atoms. The highest BCUT2D eigenvalue weighted by atomic mass is 16.5. The largest absolute Gasteiger partial charge is 0.494 e. The number of rotatable bonds is 11. The van der Waals surface area contributed by atoms with Crippen molar-refractivity contribution in [1.82, 2.24) is 5.32 Å². The van der Waals surface area contributed by atoms with Gasteiger partial charge in [-0.05, 0) is 43.5 Å². The summed E-state index contributed by atoms with van der Waals surface area (Å²) in [5.74, 6) is -0.0168. The number of unbranched alkanes of at least 4 members (excludes halogenated alkanes) is 1. The fraction of sp³-hybridized carbons (Fsp3) is 0.588. The maximum atomic E-state index is 11.1. The van der Waals surface area contributed by atoms with Crippen LogP contribution in [0.2, 0.25) is 0 Å². The topological polar surface area (TPSA) is 58.6 Å². The summed E-state index contributed by atoms with van der Waals surface area (Å²) in [5, 5.41) is 12.1. The lowest BCUT2D eigenvalue weighted by Gasteiger charge is -2.14. The van der Waals surface area contributed by atoms with Crippen LogP contribution in [0.3, 0.4) is 0 Å². The van der Waals surface area contributed by atoms with Crippen molar-refractivity contribution in [3.05, 3.63) is 29.8 Å². The third-order valence-corrected chi connectivity index (χ3v) is 3.36. The van der Waals surface area contributed by atoms with Crippen molar-refractivity contribution in [1.29, 1.82) is 0 Å². The zero-order valence-electron chi connectivity index (χ0n) is 13.1. The Labute approximate surface area is 127 Å². The maximum absolute atomic E-state index is 11.1. The minimum atomic E-state index is -0.818. The van der Waals surface area contributed by atoms with Gasteiger partial charge in [-0.1, -0.05) is 32.4 Å². The molecule has 0 saturated heterocycles. The van der Waals surface area contributed by atoms with Gasteiger partial charge in [0, 0.05) is 6.42 Å². The van der Waals surface area contributed by atoms with E-state index >= 15 is 0 Å². The molecule has 118 valence electrons. The summed E-state index contributed by atoms with van der Waals surface area (Å²) in [5.41, 5.74) is 1.32. The molecular formula is C17H27NO3. The van der Waals surface area contributed by atoms with E-state index in [-0.39, 0.29) is 0 Å². The van der Waals surface area contributed by atoms with Gasteiger partial charge in [-0.3, -0.25) is 4.79 Å². The van der Waals surface area contributed by atoms with Crippen LogP contribution in [-0.4, -0.2) is 30.3 Å². The number of ether oxygens (including phenoxy) is 1. The van der Waals surface area contributed by atoms with Gasteiger partial charge in [-0.25, -0.2) is 0 Å². The van der Waals surface area contributed by atoms with Crippen molar-refractivity contribution < 1.29 is 14.6 Å². The molecule has 0 aromatic heterocycles. The van der Waals surface area contributed by atoms with Crippen molar-refractivity contribution in [3.8, 4) is 5.75 Å². The minimum Gasteiger partial charge on any atom is -0.494 e. The van der Waals surface area contributed by atoms with Crippen LogP contribution in [0.4, 0.5) is 0 Å². The first-order valence-electron chi connectivity index (χ1n) is 7.85. The van der Waals surface area contributed by atoms with Crippen LogP contribution in [0.1, 0.15) is 45.1 Å². The standard InChI is InChI=1S/C17H27NO3/c1-3-5-6-14-7-9-15(10-8-14)21-13-11-16(17(19)20)18-12-4-2/h7-10,16,18H,3-6,11-13H2,1-2H3,(H,19,20). The van der Waals surface area contributed by atoms with E-state index in [9.17, 15) is 4.79 Å². The number of benzene rings is 1. The average molecular weight is 293 g/mol. The lowest BCUT2D eigenvalue weighted by atomic mass is 10.1. The average Bonchev–Trinajstić information content (AvgIpc) is 2.49. The fourth-order valence-electron chi connectivity index (χ4n) is 2.06. The Bertz CT molecular complexity index is 403. The molecule has 0 aliphatic rings. The molecule has 21 heavy (non-hydrogen) atoms. The van der Waals surface area contributed by atoms with Gasteiger partial charge in [-0.15, -0.1) is 0 Å². The van der Waals surface area contributed by atoms with E-state index in [0.717, 1.165) is 18.6 Å². The summed E-state index contributed by atoms with van der Waals surface area (Å²) in [6.45, 7) is 5.32. The Hall–Kier alpha value is -1.55. The zero-order chi connectivity index (χ0) is 15.5. The van der Waals surface area contributed by atoms with E-state index in [1.54, 1.807) is 0 Å². The molecule has 0 aliphatic carbocycles. The number of hydrogen-bond acceptors (Lipinski definition) is 3. The van der Waals surface area contributed by atoms with Crippen LogP contribution in [0.25, 0.3) is 0 Å². The van der Waals surface area contributed by atoms with Crippen LogP contribution >= 0.6 is 0 Å². The number of nitrogens with one attached hydrogen (secondary N) is 1. The third-order valence-electron chi connectivity index (χ3n) is 3.36. The van der Waals surface area contributed by atoms with Crippen molar-refractivity contribution in [2.75, 3.05) is 13.2 Å². The fourth-order valence-corrected chi connectivity index (χ4v) is 2.06. The SMILES string of the molecule is CCCCc1ccc(OCCC(NCCC)C(=O)O)cc1. The number of aliphatic carboxylic acids is 1. The van der Waals surface area contributed by atoms with Gasteiger partial charge in [-0.2, -0.15) is 0 Å². The summed E-state index contributed by atoms with van der Waals surface area (Å²) in [4.78, 5) is 11.1. The molecule has 1 aromatic carbocycles. The van der Waals surface area contributed by atoms with Crippen molar-refractivity contribution in [3.63, 3.8) is 0 Å². The molecule has 0 aliphatic heterocycles. The lowest BCUT2D eigenvalue weighted by molar-refractivity contribution is -0.139. The van der Waals surface area contributed by atoms with Gasteiger partial charge in [0.25, 0.3) is 0 Å². The molecule has 4 nitrogen and oxygen atoms in total. The number of carbonyl (C=O) groups is 1. The van der Waals surface area contributed by atoms with Gasteiger partial charge >= 0.3 is 5.97 Å². The van der Waals surface area contributed by atoms with Gasteiger partial charge in [0.15, 0.2) is 0 Å². The predicted octanol–water partition coefficient (Wildman–Crippen LogP) is 3.25. The first-order chi connectivity index (χ1) is 10.2. The van der Waals surface area contributed by atoms with Crippen LogP contribution in [-0.2, 0) is 11.2 Å². The second kappa shape index (κ2) is 10.2. The first-order valence-corrected chi connectivity index (χ1v) is 7.85. The molecule has 1 rings (SSSR count). The van der Waals surface area contributed by atoms with Gasteiger partial charge in [0.1, 0.15) is 11.8 Å². The quantitative estimate of drug-likeness (QED) is 0.657. The summed E-state index contributed by atoms with van der Waals surface area (Å²) < 4.78 is 5.62. The van der Waals surface area contributed by atoms with E-state index in [4.69, 9.17) is 9.84 Å². The molecule has 4 heteroatoms. The van der Waals surface area contributed by atoms with E-state index in [1.165, 1.54) is 18.4 Å². The third kappa shape index (κ3) is 7.14. The van der Waals surface area contributed by atoms with Gasteiger partial charge < -0.3 is 15.2 Å². The summed E-state index contributed by atoms with van der Waals surface area (Å²) in [7, 11) is 0. The Morgan fingerprint density at radius 1 is 1.24 bits per heavy atom. The summed E-state index contributed by atoms with van der Waals surface area (Å²) in [6.07, 6.45) is 4.87. The Balaban J connectivity index is 2.34. The molecule has 0 amide bonds. The molecule has 2 N–H and O–H groups in total. The molecule has 0 spiro atoms. The van der Waals surface area contributed by atoms with Crippen LogP contribution in [0.15, 0.2) is 24.3 Å². The molecule has 0 fully saturated rings. The molecule has 0 radical (unpaired) electrons. The van der Waals surface area contributed by atoms with Gasteiger partial charge in [0.05, 0.1) is 6.61 Å². The molecule has 1 atom stereocenters. The highest BCUT2D eigenvalue weighted by Gasteiger charge is 2.15. The maximum Gasteiger partial charge on any atom is 0.320 e. The highest BCUT2D eigenvalue weighted by Crippen LogP contribution is 2.14. The Kier molecular flexibility index (Phi) is 8.51. The minimum absolute atomic E-state index is 0.405. The van der Waals surface area contributed by atoms with E-state index in [0.29, 0.717) is 19.6 Å².